The van der Waals surface area contributed by atoms with Gasteiger partial charge in [0.25, 0.3) is 0 Å². The van der Waals surface area contributed by atoms with E-state index in [0.29, 0.717) is 40.5 Å². The maximum absolute atomic E-state index is 13.7. The molecule has 2 aromatic carbocycles. The summed E-state index contributed by atoms with van der Waals surface area (Å²) in [6, 6.07) is 12.3. The molecule has 1 N–H and O–H groups in total. The van der Waals surface area contributed by atoms with E-state index in [9.17, 15) is 14.7 Å². The van der Waals surface area contributed by atoms with Crippen LogP contribution in [0.15, 0.2) is 58.7 Å². The first kappa shape index (κ1) is 25.4. The van der Waals surface area contributed by atoms with Crippen molar-refractivity contribution >= 4 is 17.5 Å². The van der Waals surface area contributed by atoms with Crippen molar-refractivity contribution in [3.63, 3.8) is 0 Å². The van der Waals surface area contributed by atoms with Crippen LogP contribution in [0.5, 0.6) is 17.2 Å². The number of ketones is 1. The lowest BCUT2D eigenvalue weighted by atomic mass is 9.69. The molecule has 4 rings (SSSR count). The van der Waals surface area contributed by atoms with Gasteiger partial charge in [-0.15, -0.1) is 0 Å². The van der Waals surface area contributed by atoms with Crippen molar-refractivity contribution in [1.82, 2.24) is 0 Å². The molecule has 0 aromatic heterocycles. The molecule has 2 aromatic rings. The Morgan fingerprint density at radius 3 is 2.47 bits per heavy atom. The number of carbonyl (C=O) groups excluding carboxylic acids is 2. The molecule has 0 bridgehead atoms. The highest BCUT2D eigenvalue weighted by Gasteiger charge is 2.45. The molecule has 1 unspecified atom stereocenters. The largest absolute Gasteiger partial charge is 0.508 e. The van der Waals surface area contributed by atoms with E-state index in [1.54, 1.807) is 39.3 Å². The SMILES string of the molecule is COCCOC(=O)C1C(C)=NC2=C(C(=O)C[C@@H](c3ccc(OC)c(OC)c3)C2)[C@@H]1c1cccc(O)c1. The fourth-order valence-corrected chi connectivity index (χ4v) is 5.10. The molecule has 8 nitrogen and oxygen atoms in total. The Kier molecular flexibility index (Phi) is 7.74. The lowest BCUT2D eigenvalue weighted by molar-refractivity contribution is -0.147. The van der Waals surface area contributed by atoms with Crippen LogP contribution in [-0.4, -0.2) is 57.1 Å². The van der Waals surface area contributed by atoms with Crippen molar-refractivity contribution in [3.05, 3.63) is 64.9 Å². The number of methoxy groups -OCH3 is 3. The summed E-state index contributed by atoms with van der Waals surface area (Å²) in [5.41, 5.74) is 3.37. The maximum atomic E-state index is 13.7. The van der Waals surface area contributed by atoms with Gasteiger partial charge in [0, 0.05) is 36.4 Å². The third kappa shape index (κ3) is 4.99. The molecular formula is C28H31NO7. The van der Waals surface area contributed by atoms with E-state index in [0.717, 1.165) is 5.56 Å². The Morgan fingerprint density at radius 1 is 1.00 bits per heavy atom. The number of allylic oxidation sites excluding steroid dienone is 2. The molecule has 0 spiro atoms. The van der Waals surface area contributed by atoms with Gasteiger partial charge >= 0.3 is 5.97 Å². The quantitative estimate of drug-likeness (QED) is 0.435. The number of ether oxygens (including phenoxy) is 4. The van der Waals surface area contributed by atoms with Crippen molar-refractivity contribution < 1.29 is 33.6 Å². The van der Waals surface area contributed by atoms with Crippen LogP contribution in [0, 0.1) is 5.92 Å². The normalized spacial score (nSPS) is 21.5. The summed E-state index contributed by atoms with van der Waals surface area (Å²) < 4.78 is 21.3. The molecule has 1 heterocycles. The summed E-state index contributed by atoms with van der Waals surface area (Å²) in [5, 5.41) is 10.2. The van der Waals surface area contributed by atoms with Gasteiger partial charge in [-0.1, -0.05) is 18.2 Å². The highest BCUT2D eigenvalue weighted by atomic mass is 16.6. The van der Waals surface area contributed by atoms with Crippen LogP contribution in [-0.2, 0) is 19.1 Å². The standard InChI is InChI=1S/C28H31NO7/c1-16-25(28(32)36-11-10-33-2)26(18-6-5-7-20(30)12-18)27-21(29-16)13-19(14-22(27)31)17-8-9-23(34-3)24(15-17)35-4/h5-9,12,15,19,25-26,30H,10-11,13-14H2,1-4H3/t19-,25?,26+/m0/s1. The fraction of sp³-hybridized carbons (Fsp3) is 0.393. The molecule has 8 heteroatoms. The van der Waals surface area contributed by atoms with E-state index in [-0.39, 0.29) is 37.1 Å². The highest BCUT2D eigenvalue weighted by molar-refractivity contribution is 6.09. The van der Waals surface area contributed by atoms with Crippen LogP contribution in [0.3, 0.4) is 0 Å². The molecule has 0 saturated heterocycles. The molecule has 1 aliphatic heterocycles. The first-order chi connectivity index (χ1) is 17.4. The summed E-state index contributed by atoms with van der Waals surface area (Å²) in [4.78, 5) is 31.6. The molecule has 3 atom stereocenters. The van der Waals surface area contributed by atoms with Crippen molar-refractivity contribution in [2.45, 2.75) is 31.6 Å². The zero-order valence-electron chi connectivity index (χ0n) is 20.9. The lowest BCUT2D eigenvalue weighted by Crippen LogP contribution is -2.38. The third-order valence-corrected chi connectivity index (χ3v) is 6.78. The zero-order valence-corrected chi connectivity index (χ0v) is 20.9. The average Bonchev–Trinajstić information content (AvgIpc) is 2.87. The van der Waals surface area contributed by atoms with E-state index in [4.69, 9.17) is 23.9 Å². The predicted molar refractivity (Wildman–Crippen MR) is 134 cm³/mol. The van der Waals surface area contributed by atoms with E-state index in [2.05, 4.69) is 0 Å². The Balaban J connectivity index is 1.74. The number of aliphatic imine (C=N–C) groups is 1. The van der Waals surface area contributed by atoms with E-state index in [1.165, 1.54) is 7.11 Å². The second-order valence-corrected chi connectivity index (χ2v) is 8.97. The number of hydrogen-bond acceptors (Lipinski definition) is 8. The van der Waals surface area contributed by atoms with Crippen molar-refractivity contribution in [3.8, 4) is 17.2 Å². The predicted octanol–water partition coefficient (Wildman–Crippen LogP) is 4.17. The smallest absolute Gasteiger partial charge is 0.315 e. The molecule has 36 heavy (non-hydrogen) atoms. The highest BCUT2D eigenvalue weighted by Crippen LogP contribution is 2.47. The minimum atomic E-state index is -0.774. The van der Waals surface area contributed by atoms with Crippen LogP contribution in [0.1, 0.15) is 42.7 Å². The second kappa shape index (κ2) is 11.0. The van der Waals surface area contributed by atoms with Crippen molar-refractivity contribution in [1.29, 1.82) is 0 Å². The van der Waals surface area contributed by atoms with Gasteiger partial charge in [0.2, 0.25) is 0 Å². The van der Waals surface area contributed by atoms with Gasteiger partial charge in [-0.3, -0.25) is 14.6 Å². The van der Waals surface area contributed by atoms with Crippen LogP contribution in [0.25, 0.3) is 0 Å². The van der Waals surface area contributed by atoms with Gasteiger partial charge in [-0.05, 0) is 54.7 Å². The van der Waals surface area contributed by atoms with Gasteiger partial charge in [0.1, 0.15) is 18.3 Å². The Hall–Kier alpha value is -3.65. The minimum Gasteiger partial charge on any atom is -0.508 e. The van der Waals surface area contributed by atoms with Gasteiger partial charge in [-0.2, -0.15) is 0 Å². The molecule has 0 saturated carbocycles. The molecule has 1 aliphatic carbocycles. The number of benzene rings is 2. The van der Waals surface area contributed by atoms with E-state index in [1.807, 2.05) is 24.3 Å². The first-order valence-corrected chi connectivity index (χ1v) is 11.9. The monoisotopic (exact) mass is 493 g/mol. The molecule has 190 valence electrons. The van der Waals surface area contributed by atoms with E-state index < -0.39 is 17.8 Å². The van der Waals surface area contributed by atoms with Crippen LogP contribution in [0.2, 0.25) is 0 Å². The number of phenols is 1. The molecule has 0 radical (unpaired) electrons. The number of esters is 1. The van der Waals surface area contributed by atoms with Crippen molar-refractivity contribution in [2.24, 2.45) is 10.9 Å². The van der Waals surface area contributed by atoms with Gasteiger partial charge in [0.05, 0.1) is 20.8 Å². The molecule has 0 amide bonds. The molecular weight excluding hydrogens is 462 g/mol. The van der Waals surface area contributed by atoms with Crippen LogP contribution in [0.4, 0.5) is 0 Å². The number of phenolic OH excluding ortho intramolecular Hbond substituents is 1. The number of aromatic hydroxyl groups is 1. The fourth-order valence-electron chi connectivity index (χ4n) is 5.10. The zero-order chi connectivity index (χ0) is 25.8. The summed E-state index contributed by atoms with van der Waals surface area (Å²) in [7, 11) is 4.69. The topological polar surface area (TPSA) is 104 Å². The summed E-state index contributed by atoms with van der Waals surface area (Å²) in [5.74, 6) is -0.730. The van der Waals surface area contributed by atoms with Gasteiger partial charge in [0.15, 0.2) is 17.3 Å². The average molecular weight is 494 g/mol. The first-order valence-electron chi connectivity index (χ1n) is 11.9. The molecule has 2 aliphatic rings. The van der Waals surface area contributed by atoms with Gasteiger partial charge < -0.3 is 24.1 Å². The van der Waals surface area contributed by atoms with Crippen molar-refractivity contribution in [2.75, 3.05) is 34.5 Å². The Morgan fingerprint density at radius 2 is 1.78 bits per heavy atom. The summed E-state index contributed by atoms with van der Waals surface area (Å²) in [6.07, 6.45) is 0.804. The van der Waals surface area contributed by atoms with E-state index >= 15 is 0 Å². The van der Waals surface area contributed by atoms with Gasteiger partial charge in [-0.25, -0.2) is 0 Å². The summed E-state index contributed by atoms with van der Waals surface area (Å²) >= 11 is 0. The number of hydrogen-bond donors (Lipinski definition) is 1. The molecule has 0 fully saturated rings. The summed E-state index contributed by atoms with van der Waals surface area (Å²) in [6.45, 7) is 2.16. The lowest BCUT2D eigenvalue weighted by Gasteiger charge is -2.36. The van der Waals surface area contributed by atoms with Crippen LogP contribution >= 0.6 is 0 Å². The number of Topliss-reactive ketones (excluding diaryl/α,β-unsaturated/α-hetero) is 1. The Labute approximate surface area is 210 Å². The number of carbonyl (C=O) groups is 2. The third-order valence-electron chi connectivity index (χ3n) is 6.78. The Bertz CT molecular complexity index is 1220. The number of rotatable bonds is 8. The minimum absolute atomic E-state index is 0.0628. The maximum Gasteiger partial charge on any atom is 0.315 e. The number of nitrogens with zero attached hydrogens (tertiary/aromatic N) is 1. The van der Waals surface area contributed by atoms with Crippen LogP contribution < -0.4 is 9.47 Å². The second-order valence-electron chi connectivity index (χ2n) is 8.97.